The van der Waals surface area contributed by atoms with E-state index in [1.807, 2.05) is 31.2 Å². The molecule has 9 heteroatoms. The lowest BCUT2D eigenvalue weighted by molar-refractivity contribution is -0.118. The normalized spacial score (nSPS) is 11.0. The van der Waals surface area contributed by atoms with Gasteiger partial charge in [-0.2, -0.15) is 5.10 Å². The zero-order valence-corrected chi connectivity index (χ0v) is 18.6. The van der Waals surface area contributed by atoms with E-state index in [1.54, 1.807) is 37.7 Å². The molecule has 0 fully saturated rings. The SMILES string of the molecule is CCCOc1c(OC)cc(/C=N\NC(=O)CSc2nc3ccccc3s2)cc1OC. The number of para-hydroxylation sites is 1. The van der Waals surface area contributed by atoms with E-state index in [0.29, 0.717) is 29.4 Å². The third-order valence-corrected chi connectivity index (χ3v) is 6.12. The molecule has 2 aromatic carbocycles. The maximum absolute atomic E-state index is 12.1. The Labute approximate surface area is 183 Å². The summed E-state index contributed by atoms with van der Waals surface area (Å²) in [5.41, 5.74) is 4.19. The zero-order valence-electron chi connectivity index (χ0n) is 17.0. The standard InChI is InChI=1S/C21H23N3O4S2/c1-4-9-28-20-16(26-2)10-14(11-17(20)27-3)12-22-24-19(25)13-29-21-23-15-7-5-6-8-18(15)30-21/h5-8,10-12H,4,9,13H2,1-3H3,(H,24,25)/b22-12-. The third-order valence-electron chi connectivity index (χ3n) is 3.94. The molecule has 0 aliphatic heterocycles. The Kier molecular flexibility index (Phi) is 7.92. The molecule has 1 heterocycles. The summed E-state index contributed by atoms with van der Waals surface area (Å²) in [5, 5.41) is 4.03. The molecule has 0 aliphatic carbocycles. The summed E-state index contributed by atoms with van der Waals surface area (Å²) in [6, 6.07) is 11.5. The number of aromatic nitrogens is 1. The molecule has 0 bridgehead atoms. The van der Waals surface area contributed by atoms with Gasteiger partial charge >= 0.3 is 0 Å². The van der Waals surface area contributed by atoms with Gasteiger partial charge in [-0.1, -0.05) is 30.8 Å². The van der Waals surface area contributed by atoms with E-state index in [1.165, 1.54) is 18.0 Å². The first-order chi connectivity index (χ1) is 14.6. The fourth-order valence-electron chi connectivity index (χ4n) is 2.57. The van der Waals surface area contributed by atoms with Crippen molar-refractivity contribution in [1.29, 1.82) is 0 Å². The van der Waals surface area contributed by atoms with Crippen molar-refractivity contribution in [1.82, 2.24) is 10.4 Å². The lowest BCUT2D eigenvalue weighted by Crippen LogP contribution is -2.19. The van der Waals surface area contributed by atoms with Crippen LogP contribution in [0.15, 0.2) is 45.8 Å². The van der Waals surface area contributed by atoms with Gasteiger partial charge in [-0.25, -0.2) is 10.4 Å². The molecule has 0 atom stereocenters. The number of hydrazone groups is 1. The molecule has 0 saturated heterocycles. The van der Waals surface area contributed by atoms with Crippen LogP contribution in [0.25, 0.3) is 10.2 Å². The first kappa shape index (κ1) is 21.9. The Hall–Kier alpha value is -2.78. The van der Waals surface area contributed by atoms with Crippen molar-refractivity contribution >= 4 is 45.4 Å². The van der Waals surface area contributed by atoms with Gasteiger partial charge in [-0.05, 0) is 30.7 Å². The molecule has 0 saturated carbocycles. The Bertz CT molecular complexity index is 978. The van der Waals surface area contributed by atoms with Crippen LogP contribution in [0.2, 0.25) is 0 Å². The van der Waals surface area contributed by atoms with E-state index in [9.17, 15) is 4.79 Å². The molecule has 0 radical (unpaired) electrons. The van der Waals surface area contributed by atoms with Crippen LogP contribution in [-0.4, -0.2) is 43.7 Å². The molecule has 0 spiro atoms. The number of benzene rings is 2. The van der Waals surface area contributed by atoms with Crippen LogP contribution >= 0.6 is 23.1 Å². The van der Waals surface area contributed by atoms with Gasteiger partial charge in [-0.3, -0.25) is 4.79 Å². The van der Waals surface area contributed by atoms with Gasteiger partial charge in [0.25, 0.3) is 5.91 Å². The number of methoxy groups -OCH3 is 2. The van der Waals surface area contributed by atoms with Crippen molar-refractivity contribution < 1.29 is 19.0 Å². The number of thiazole rings is 1. The fourth-order valence-corrected chi connectivity index (χ4v) is 4.43. The largest absolute Gasteiger partial charge is 0.493 e. The van der Waals surface area contributed by atoms with Gasteiger partial charge in [0.15, 0.2) is 15.8 Å². The number of carbonyl (C=O) groups excluding carboxylic acids is 1. The van der Waals surface area contributed by atoms with Gasteiger partial charge in [0.1, 0.15) is 0 Å². The second-order valence-electron chi connectivity index (χ2n) is 6.13. The highest BCUT2D eigenvalue weighted by molar-refractivity contribution is 8.01. The number of nitrogens with one attached hydrogen (secondary N) is 1. The zero-order chi connectivity index (χ0) is 21.3. The number of hydrogen-bond acceptors (Lipinski definition) is 8. The minimum atomic E-state index is -0.211. The second-order valence-corrected chi connectivity index (χ2v) is 8.39. The van der Waals surface area contributed by atoms with Crippen LogP contribution in [0.4, 0.5) is 0 Å². The molecule has 7 nitrogen and oxygen atoms in total. The average molecular weight is 446 g/mol. The first-order valence-electron chi connectivity index (χ1n) is 9.33. The smallest absolute Gasteiger partial charge is 0.250 e. The summed E-state index contributed by atoms with van der Waals surface area (Å²) in [4.78, 5) is 16.6. The van der Waals surface area contributed by atoms with Crippen molar-refractivity contribution in [2.24, 2.45) is 5.10 Å². The number of carbonyl (C=O) groups is 1. The van der Waals surface area contributed by atoms with Gasteiger partial charge in [0, 0.05) is 5.56 Å². The predicted molar refractivity (Wildman–Crippen MR) is 121 cm³/mol. The molecule has 3 aromatic rings. The Morgan fingerprint density at radius 2 is 1.97 bits per heavy atom. The minimum absolute atomic E-state index is 0.211. The lowest BCUT2D eigenvalue weighted by atomic mass is 10.2. The van der Waals surface area contributed by atoms with Crippen molar-refractivity contribution in [2.75, 3.05) is 26.6 Å². The fraction of sp³-hybridized carbons (Fsp3) is 0.286. The van der Waals surface area contributed by atoms with Crippen LogP contribution in [0, 0.1) is 0 Å². The summed E-state index contributed by atoms with van der Waals surface area (Å²) in [5.74, 6) is 1.66. The number of amides is 1. The number of fused-ring (bicyclic) bond motifs is 1. The molecule has 1 N–H and O–H groups in total. The predicted octanol–water partition coefficient (Wildman–Crippen LogP) is 4.34. The van der Waals surface area contributed by atoms with Crippen molar-refractivity contribution in [3.63, 3.8) is 0 Å². The van der Waals surface area contributed by atoms with E-state index in [4.69, 9.17) is 14.2 Å². The first-order valence-corrected chi connectivity index (χ1v) is 11.1. The molecule has 158 valence electrons. The van der Waals surface area contributed by atoms with Gasteiger partial charge < -0.3 is 14.2 Å². The molecule has 1 aromatic heterocycles. The number of ether oxygens (including phenoxy) is 3. The highest BCUT2D eigenvalue weighted by Crippen LogP contribution is 2.38. The summed E-state index contributed by atoms with van der Waals surface area (Å²) in [6.07, 6.45) is 2.41. The highest BCUT2D eigenvalue weighted by Gasteiger charge is 2.13. The van der Waals surface area contributed by atoms with E-state index < -0.39 is 0 Å². The van der Waals surface area contributed by atoms with Crippen LogP contribution < -0.4 is 19.6 Å². The van der Waals surface area contributed by atoms with Gasteiger partial charge in [0.2, 0.25) is 5.75 Å². The molecule has 30 heavy (non-hydrogen) atoms. The summed E-state index contributed by atoms with van der Waals surface area (Å²) >= 11 is 2.96. The monoisotopic (exact) mass is 445 g/mol. The van der Waals surface area contributed by atoms with Crippen LogP contribution in [0.1, 0.15) is 18.9 Å². The minimum Gasteiger partial charge on any atom is -0.493 e. The third kappa shape index (κ3) is 5.64. The lowest BCUT2D eigenvalue weighted by Gasteiger charge is -2.14. The quantitative estimate of drug-likeness (QED) is 0.284. The number of nitrogens with zero attached hydrogens (tertiary/aromatic N) is 2. The van der Waals surface area contributed by atoms with E-state index >= 15 is 0 Å². The van der Waals surface area contributed by atoms with Crippen LogP contribution in [0.3, 0.4) is 0 Å². The number of rotatable bonds is 10. The Balaban J connectivity index is 1.58. The highest BCUT2D eigenvalue weighted by atomic mass is 32.2. The second kappa shape index (κ2) is 10.8. The summed E-state index contributed by atoms with van der Waals surface area (Å²) in [7, 11) is 3.13. The molecule has 0 aliphatic rings. The average Bonchev–Trinajstić information content (AvgIpc) is 3.19. The maximum Gasteiger partial charge on any atom is 0.250 e. The molecular weight excluding hydrogens is 422 g/mol. The van der Waals surface area contributed by atoms with Crippen LogP contribution in [0.5, 0.6) is 17.2 Å². The number of hydrogen-bond donors (Lipinski definition) is 1. The molecule has 1 amide bonds. The van der Waals surface area contributed by atoms with Crippen molar-refractivity contribution in [2.45, 2.75) is 17.7 Å². The number of thioether (sulfide) groups is 1. The molecule has 3 rings (SSSR count). The molecular formula is C21H23N3O4S2. The van der Waals surface area contributed by atoms with E-state index in [-0.39, 0.29) is 11.7 Å². The maximum atomic E-state index is 12.1. The van der Waals surface area contributed by atoms with E-state index in [2.05, 4.69) is 15.5 Å². The molecule has 0 unspecified atom stereocenters. The summed E-state index contributed by atoms with van der Waals surface area (Å²) < 4.78 is 18.5. The van der Waals surface area contributed by atoms with E-state index in [0.717, 1.165) is 21.0 Å². The van der Waals surface area contributed by atoms with Crippen molar-refractivity contribution in [3.05, 3.63) is 42.0 Å². The topological polar surface area (TPSA) is 82.0 Å². The summed E-state index contributed by atoms with van der Waals surface area (Å²) in [6.45, 7) is 2.58. The van der Waals surface area contributed by atoms with Crippen LogP contribution in [-0.2, 0) is 4.79 Å². The Morgan fingerprint density at radius 3 is 2.63 bits per heavy atom. The van der Waals surface area contributed by atoms with Gasteiger partial charge in [-0.15, -0.1) is 11.3 Å². The van der Waals surface area contributed by atoms with Crippen molar-refractivity contribution in [3.8, 4) is 17.2 Å². The van der Waals surface area contributed by atoms with Gasteiger partial charge in [0.05, 0.1) is 43.0 Å². The Morgan fingerprint density at radius 1 is 1.23 bits per heavy atom.